The molecule has 0 amide bonds. The minimum absolute atomic E-state index is 0.109. The Balaban J connectivity index is 1.75. The van der Waals surface area contributed by atoms with Crippen LogP contribution in [0.3, 0.4) is 0 Å². The number of thioether (sulfide) groups is 1. The Hall–Kier alpha value is -2.74. The Labute approximate surface area is 148 Å². The molecule has 1 atom stereocenters. The monoisotopic (exact) mass is 360 g/mol. The minimum Gasteiger partial charge on any atom is -0.497 e. The molecule has 0 N–H and O–H groups in total. The van der Waals surface area contributed by atoms with E-state index in [0.717, 1.165) is 0 Å². The Bertz CT molecular complexity index is 860. The fourth-order valence-corrected chi connectivity index (χ4v) is 2.93. The fraction of sp³-hybridized carbons (Fsp3) is 0.235. The molecule has 0 spiro atoms. The van der Waals surface area contributed by atoms with E-state index in [0.29, 0.717) is 28.0 Å². The van der Waals surface area contributed by atoms with Crippen molar-refractivity contribution in [3.8, 4) is 23.1 Å². The Kier molecular flexibility index (Phi) is 5.08. The summed E-state index contributed by atoms with van der Waals surface area (Å²) in [7, 11) is 3.07. The van der Waals surface area contributed by atoms with E-state index < -0.39 is 5.25 Å². The van der Waals surface area contributed by atoms with Crippen LogP contribution < -0.4 is 9.47 Å². The second-order valence-electron chi connectivity index (χ2n) is 5.04. The maximum atomic E-state index is 12.7. The third-order valence-electron chi connectivity index (χ3n) is 3.46. The molecule has 0 bridgehead atoms. The molecule has 0 saturated carbocycles. The number of ether oxygens (including phenoxy) is 2. The summed E-state index contributed by atoms with van der Waals surface area (Å²) in [6.45, 7) is 1.77. The zero-order valence-electron chi connectivity index (χ0n) is 13.9. The maximum Gasteiger partial charge on any atom is 0.284 e. The van der Waals surface area contributed by atoms with E-state index in [1.165, 1.54) is 25.1 Å². The molecule has 2 aromatic heterocycles. The SMILES string of the molecule is COc1ccc(C(=O)C(C)Sc2nnc(-c3ccco3)o2)c(OC)c1. The molecule has 0 aliphatic carbocycles. The highest BCUT2D eigenvalue weighted by molar-refractivity contribution is 8.00. The summed E-state index contributed by atoms with van der Waals surface area (Å²) in [4.78, 5) is 12.7. The molecular weight excluding hydrogens is 344 g/mol. The van der Waals surface area contributed by atoms with E-state index in [2.05, 4.69) is 10.2 Å². The number of hydrogen-bond donors (Lipinski definition) is 0. The van der Waals surface area contributed by atoms with Gasteiger partial charge in [-0.05, 0) is 31.2 Å². The molecule has 0 saturated heterocycles. The smallest absolute Gasteiger partial charge is 0.284 e. The van der Waals surface area contributed by atoms with Crippen molar-refractivity contribution in [3.05, 3.63) is 42.2 Å². The lowest BCUT2D eigenvalue weighted by molar-refractivity contribution is 0.0990. The first-order chi connectivity index (χ1) is 12.1. The second-order valence-corrected chi connectivity index (χ2v) is 6.33. The molecule has 25 heavy (non-hydrogen) atoms. The summed E-state index contributed by atoms with van der Waals surface area (Å²) in [6, 6.07) is 8.52. The molecule has 3 aromatic rings. The number of rotatable bonds is 7. The zero-order chi connectivity index (χ0) is 17.8. The van der Waals surface area contributed by atoms with Gasteiger partial charge in [0.05, 0.1) is 31.3 Å². The van der Waals surface area contributed by atoms with Gasteiger partial charge in [0, 0.05) is 6.07 Å². The molecule has 8 heteroatoms. The van der Waals surface area contributed by atoms with Crippen molar-refractivity contribution in [2.45, 2.75) is 17.4 Å². The number of hydrogen-bond acceptors (Lipinski definition) is 8. The largest absolute Gasteiger partial charge is 0.497 e. The number of ketones is 1. The average Bonchev–Trinajstić information content (AvgIpc) is 3.31. The number of Topliss-reactive ketones (excluding diaryl/α,β-unsaturated/α-hetero) is 1. The Morgan fingerprint density at radius 3 is 2.72 bits per heavy atom. The van der Waals surface area contributed by atoms with E-state index in [1.807, 2.05) is 0 Å². The zero-order valence-corrected chi connectivity index (χ0v) is 14.7. The van der Waals surface area contributed by atoms with Gasteiger partial charge >= 0.3 is 0 Å². The van der Waals surface area contributed by atoms with Crippen molar-refractivity contribution in [3.63, 3.8) is 0 Å². The highest BCUT2D eigenvalue weighted by Crippen LogP contribution is 2.31. The van der Waals surface area contributed by atoms with Gasteiger partial charge in [-0.3, -0.25) is 4.79 Å². The average molecular weight is 360 g/mol. The highest BCUT2D eigenvalue weighted by atomic mass is 32.2. The first kappa shape index (κ1) is 17.1. The van der Waals surface area contributed by atoms with Crippen LogP contribution in [0.15, 0.2) is 50.7 Å². The fourth-order valence-electron chi connectivity index (χ4n) is 2.18. The van der Waals surface area contributed by atoms with Crippen molar-refractivity contribution in [1.82, 2.24) is 10.2 Å². The molecule has 0 aliphatic rings. The van der Waals surface area contributed by atoms with Gasteiger partial charge in [-0.15, -0.1) is 10.2 Å². The van der Waals surface area contributed by atoms with Crippen LogP contribution in [0.1, 0.15) is 17.3 Å². The number of carbonyl (C=O) groups is 1. The first-order valence-corrected chi connectivity index (χ1v) is 8.30. The molecule has 7 nitrogen and oxygen atoms in total. The van der Waals surface area contributed by atoms with Crippen LogP contribution in [-0.2, 0) is 0 Å². The van der Waals surface area contributed by atoms with E-state index in [9.17, 15) is 4.79 Å². The highest BCUT2D eigenvalue weighted by Gasteiger charge is 2.23. The quantitative estimate of drug-likeness (QED) is 0.465. The molecule has 0 radical (unpaired) electrons. The van der Waals surface area contributed by atoms with E-state index in [4.69, 9.17) is 18.3 Å². The molecule has 1 aromatic carbocycles. The molecule has 1 unspecified atom stereocenters. The van der Waals surface area contributed by atoms with Gasteiger partial charge < -0.3 is 18.3 Å². The maximum absolute atomic E-state index is 12.7. The summed E-state index contributed by atoms with van der Waals surface area (Å²) >= 11 is 1.18. The third-order valence-corrected chi connectivity index (χ3v) is 4.39. The minimum atomic E-state index is -0.438. The molecule has 0 aliphatic heterocycles. The van der Waals surface area contributed by atoms with Gasteiger partial charge in [-0.2, -0.15) is 0 Å². The summed E-state index contributed by atoms with van der Waals surface area (Å²) in [6.07, 6.45) is 1.52. The van der Waals surface area contributed by atoms with E-state index >= 15 is 0 Å². The number of aromatic nitrogens is 2. The third kappa shape index (κ3) is 3.69. The van der Waals surface area contributed by atoms with Crippen molar-refractivity contribution in [2.24, 2.45) is 0 Å². The lowest BCUT2D eigenvalue weighted by Gasteiger charge is -2.12. The van der Waals surface area contributed by atoms with Gasteiger partial charge in [-0.1, -0.05) is 11.8 Å². The van der Waals surface area contributed by atoms with Crippen molar-refractivity contribution < 1.29 is 23.1 Å². The molecule has 2 heterocycles. The second kappa shape index (κ2) is 7.43. The molecule has 130 valence electrons. The van der Waals surface area contributed by atoms with E-state index in [1.54, 1.807) is 44.4 Å². The predicted octanol–water partition coefficient (Wildman–Crippen LogP) is 3.71. The number of carbonyl (C=O) groups excluding carboxylic acids is 1. The first-order valence-electron chi connectivity index (χ1n) is 7.42. The summed E-state index contributed by atoms with van der Waals surface area (Å²) < 4.78 is 21.2. The lowest BCUT2D eigenvalue weighted by Crippen LogP contribution is -2.14. The Morgan fingerprint density at radius 2 is 2.04 bits per heavy atom. The van der Waals surface area contributed by atoms with Gasteiger partial charge in [-0.25, -0.2) is 0 Å². The standard InChI is InChI=1S/C17H16N2O5S/c1-10(15(20)12-7-6-11(21-2)9-14(12)22-3)25-17-19-18-16(24-17)13-5-4-8-23-13/h4-10H,1-3H3. The number of furan rings is 1. The van der Waals surface area contributed by atoms with Gasteiger partial charge in [0.15, 0.2) is 11.5 Å². The normalized spacial score (nSPS) is 12.0. The summed E-state index contributed by atoms with van der Waals surface area (Å²) in [5.41, 5.74) is 0.467. The summed E-state index contributed by atoms with van der Waals surface area (Å²) in [5.74, 6) is 1.72. The number of benzene rings is 1. The van der Waals surface area contributed by atoms with Crippen LogP contribution in [0.25, 0.3) is 11.7 Å². The molecule has 3 rings (SSSR count). The Morgan fingerprint density at radius 1 is 1.20 bits per heavy atom. The van der Waals surface area contributed by atoms with Gasteiger partial charge in [0.1, 0.15) is 11.5 Å². The molecule has 0 fully saturated rings. The van der Waals surface area contributed by atoms with Crippen molar-refractivity contribution >= 4 is 17.5 Å². The van der Waals surface area contributed by atoms with E-state index in [-0.39, 0.29) is 11.7 Å². The van der Waals surface area contributed by atoms with Crippen LogP contribution in [-0.4, -0.2) is 35.5 Å². The van der Waals surface area contributed by atoms with Crippen molar-refractivity contribution in [1.29, 1.82) is 0 Å². The van der Waals surface area contributed by atoms with Crippen LogP contribution in [0.2, 0.25) is 0 Å². The van der Waals surface area contributed by atoms with Gasteiger partial charge in [0.25, 0.3) is 11.1 Å². The van der Waals surface area contributed by atoms with Crippen LogP contribution in [0.4, 0.5) is 0 Å². The summed E-state index contributed by atoms with van der Waals surface area (Å²) in [5, 5.41) is 7.71. The van der Waals surface area contributed by atoms with Crippen LogP contribution in [0, 0.1) is 0 Å². The topological polar surface area (TPSA) is 87.6 Å². The predicted molar refractivity (Wildman–Crippen MR) is 91.2 cm³/mol. The number of nitrogens with zero attached hydrogens (tertiary/aromatic N) is 2. The number of methoxy groups -OCH3 is 2. The van der Waals surface area contributed by atoms with Crippen LogP contribution in [0.5, 0.6) is 11.5 Å². The van der Waals surface area contributed by atoms with Crippen LogP contribution >= 0.6 is 11.8 Å². The van der Waals surface area contributed by atoms with Crippen molar-refractivity contribution in [2.75, 3.05) is 14.2 Å². The van der Waals surface area contributed by atoms with Gasteiger partial charge in [0.2, 0.25) is 0 Å². The lowest BCUT2D eigenvalue weighted by atomic mass is 10.1. The molecular formula is C17H16N2O5S.